The summed E-state index contributed by atoms with van der Waals surface area (Å²) in [6.45, 7) is 6.11. The molecule has 1 rings (SSSR count). The van der Waals surface area contributed by atoms with E-state index in [4.69, 9.17) is 4.74 Å². The molecule has 3 nitrogen and oxygen atoms in total. The second-order valence-corrected chi connectivity index (χ2v) is 3.56. The SMILES string of the molecule is C=CC[C@H]1C(=O)OC[C@H](C)N1P. The molecule has 1 fully saturated rings. The molecule has 0 saturated carbocycles. The van der Waals surface area contributed by atoms with Gasteiger partial charge in [-0.2, -0.15) is 0 Å². The molecular formula is C8H14NO2P. The molecule has 0 N–H and O–H groups in total. The van der Waals surface area contributed by atoms with Crippen LogP contribution in [0.3, 0.4) is 0 Å². The van der Waals surface area contributed by atoms with Crippen LogP contribution in [0.5, 0.6) is 0 Å². The third-order valence-corrected chi connectivity index (χ3v) is 2.87. The molecule has 68 valence electrons. The first-order valence-corrected chi connectivity index (χ1v) is 4.49. The standard InChI is InChI=1S/C8H14NO2P/c1-3-4-7-8(10)11-5-6(2)9(7)12/h3,6-7H,1,4-5,12H2,2H3/t6-,7-/m0/s1. The van der Waals surface area contributed by atoms with Gasteiger partial charge in [-0.05, 0) is 13.3 Å². The molecule has 0 aromatic carbocycles. The highest BCUT2D eigenvalue weighted by Crippen LogP contribution is 2.21. The fourth-order valence-corrected chi connectivity index (χ4v) is 1.52. The Morgan fingerprint density at radius 2 is 2.58 bits per heavy atom. The second kappa shape index (κ2) is 4.01. The van der Waals surface area contributed by atoms with Gasteiger partial charge in [-0.15, -0.1) is 6.58 Å². The maximum atomic E-state index is 11.2. The van der Waals surface area contributed by atoms with Gasteiger partial charge in [0.05, 0.1) is 0 Å². The van der Waals surface area contributed by atoms with Crippen molar-refractivity contribution >= 4 is 15.4 Å². The van der Waals surface area contributed by atoms with E-state index in [1.165, 1.54) is 0 Å². The first-order chi connectivity index (χ1) is 5.66. The number of esters is 1. The highest BCUT2D eigenvalue weighted by atomic mass is 31.0. The molecule has 0 aliphatic carbocycles. The molecule has 0 amide bonds. The van der Waals surface area contributed by atoms with E-state index in [0.29, 0.717) is 13.0 Å². The minimum atomic E-state index is -0.170. The fraction of sp³-hybridized carbons (Fsp3) is 0.625. The molecule has 12 heavy (non-hydrogen) atoms. The van der Waals surface area contributed by atoms with Crippen LogP contribution in [0, 0.1) is 0 Å². The molecule has 1 heterocycles. The largest absolute Gasteiger partial charge is 0.463 e. The maximum absolute atomic E-state index is 11.2. The Morgan fingerprint density at radius 1 is 1.92 bits per heavy atom. The number of hydrogen-bond donors (Lipinski definition) is 0. The number of carbonyl (C=O) groups is 1. The molecule has 0 radical (unpaired) electrons. The van der Waals surface area contributed by atoms with Crippen LogP contribution in [-0.4, -0.2) is 29.3 Å². The van der Waals surface area contributed by atoms with Crippen LogP contribution < -0.4 is 0 Å². The van der Waals surface area contributed by atoms with Gasteiger partial charge >= 0.3 is 5.97 Å². The Labute approximate surface area is 75.0 Å². The summed E-state index contributed by atoms with van der Waals surface area (Å²) in [6.07, 6.45) is 2.38. The Bertz CT molecular complexity index is 195. The number of carbonyl (C=O) groups excluding carboxylic acids is 1. The lowest BCUT2D eigenvalue weighted by atomic mass is 10.1. The van der Waals surface area contributed by atoms with Crippen molar-refractivity contribution in [1.82, 2.24) is 4.67 Å². The third-order valence-electron chi connectivity index (χ3n) is 2.00. The highest BCUT2D eigenvalue weighted by Gasteiger charge is 2.32. The van der Waals surface area contributed by atoms with E-state index in [1.54, 1.807) is 6.08 Å². The van der Waals surface area contributed by atoms with Crippen LogP contribution in [0.2, 0.25) is 0 Å². The minimum Gasteiger partial charge on any atom is -0.463 e. The minimum absolute atomic E-state index is 0.150. The van der Waals surface area contributed by atoms with E-state index < -0.39 is 0 Å². The average Bonchev–Trinajstić information content (AvgIpc) is 2.06. The molecule has 1 aliphatic heterocycles. The Balaban J connectivity index is 2.64. The van der Waals surface area contributed by atoms with E-state index in [-0.39, 0.29) is 18.1 Å². The van der Waals surface area contributed by atoms with E-state index in [0.717, 1.165) is 0 Å². The predicted molar refractivity (Wildman–Crippen MR) is 50.6 cm³/mol. The zero-order valence-corrected chi connectivity index (χ0v) is 8.35. The molecule has 1 saturated heterocycles. The van der Waals surface area contributed by atoms with Crippen LogP contribution >= 0.6 is 9.39 Å². The quantitative estimate of drug-likeness (QED) is 0.366. The summed E-state index contributed by atoms with van der Waals surface area (Å²) in [6, 6.07) is 0.105. The van der Waals surface area contributed by atoms with Crippen molar-refractivity contribution in [1.29, 1.82) is 0 Å². The van der Waals surface area contributed by atoms with E-state index in [1.807, 2.05) is 11.6 Å². The van der Waals surface area contributed by atoms with Crippen molar-refractivity contribution in [3.63, 3.8) is 0 Å². The van der Waals surface area contributed by atoms with Crippen LogP contribution in [0.15, 0.2) is 12.7 Å². The molecule has 1 aliphatic rings. The third kappa shape index (κ3) is 1.85. The van der Waals surface area contributed by atoms with Crippen LogP contribution in [0.1, 0.15) is 13.3 Å². The Kier molecular flexibility index (Phi) is 3.24. The number of cyclic esters (lactones) is 1. The first-order valence-electron chi connectivity index (χ1n) is 3.97. The van der Waals surface area contributed by atoms with Gasteiger partial charge in [-0.25, -0.2) is 0 Å². The summed E-state index contributed by atoms with van der Waals surface area (Å²) in [5.41, 5.74) is 0. The van der Waals surface area contributed by atoms with Gasteiger partial charge in [-0.1, -0.05) is 15.5 Å². The Hall–Kier alpha value is -0.400. The van der Waals surface area contributed by atoms with Crippen LogP contribution in [0.25, 0.3) is 0 Å². The summed E-state index contributed by atoms with van der Waals surface area (Å²) in [4.78, 5) is 11.2. The topological polar surface area (TPSA) is 29.5 Å². The zero-order valence-electron chi connectivity index (χ0n) is 7.19. The van der Waals surface area contributed by atoms with Gasteiger partial charge in [0.1, 0.15) is 12.6 Å². The number of nitrogens with zero attached hydrogens (tertiary/aromatic N) is 1. The van der Waals surface area contributed by atoms with Gasteiger partial charge in [0, 0.05) is 6.04 Å². The smallest absolute Gasteiger partial charge is 0.324 e. The molecule has 0 aromatic heterocycles. The van der Waals surface area contributed by atoms with Crippen molar-refractivity contribution in [3.8, 4) is 0 Å². The molecular weight excluding hydrogens is 173 g/mol. The second-order valence-electron chi connectivity index (χ2n) is 2.97. The lowest BCUT2D eigenvalue weighted by molar-refractivity contribution is -0.156. The summed E-state index contributed by atoms with van der Waals surface area (Å²) in [5.74, 6) is -0.150. The van der Waals surface area contributed by atoms with E-state index in [9.17, 15) is 4.79 Å². The number of hydrogen-bond acceptors (Lipinski definition) is 3. The predicted octanol–water partition coefficient (Wildman–Crippen LogP) is 0.968. The monoisotopic (exact) mass is 187 g/mol. The normalized spacial score (nSPS) is 31.3. The molecule has 0 bridgehead atoms. The summed E-state index contributed by atoms with van der Waals surface area (Å²) in [5, 5.41) is 0. The van der Waals surface area contributed by atoms with Gasteiger partial charge in [0.25, 0.3) is 0 Å². The average molecular weight is 187 g/mol. The molecule has 1 unspecified atom stereocenters. The molecule has 3 atom stereocenters. The first kappa shape index (κ1) is 9.69. The number of ether oxygens (including phenoxy) is 1. The van der Waals surface area contributed by atoms with Gasteiger partial charge in [-0.3, -0.25) is 9.46 Å². The number of morpholine rings is 1. The maximum Gasteiger partial charge on any atom is 0.324 e. The summed E-state index contributed by atoms with van der Waals surface area (Å²) >= 11 is 0. The molecule has 4 heteroatoms. The molecule has 0 aromatic rings. The van der Waals surface area contributed by atoms with Gasteiger partial charge < -0.3 is 4.74 Å². The van der Waals surface area contributed by atoms with Crippen molar-refractivity contribution < 1.29 is 9.53 Å². The van der Waals surface area contributed by atoms with Crippen molar-refractivity contribution in [3.05, 3.63) is 12.7 Å². The number of rotatable bonds is 2. The van der Waals surface area contributed by atoms with Crippen LogP contribution in [-0.2, 0) is 9.53 Å². The summed E-state index contributed by atoms with van der Waals surface area (Å²) < 4.78 is 6.94. The highest BCUT2D eigenvalue weighted by molar-refractivity contribution is 7.13. The molecule has 0 spiro atoms. The van der Waals surface area contributed by atoms with E-state index >= 15 is 0 Å². The van der Waals surface area contributed by atoms with E-state index in [2.05, 4.69) is 16.0 Å². The van der Waals surface area contributed by atoms with Gasteiger partial charge in [0.2, 0.25) is 0 Å². The Morgan fingerprint density at radius 3 is 3.17 bits per heavy atom. The zero-order chi connectivity index (χ0) is 9.14. The lowest BCUT2D eigenvalue weighted by Crippen LogP contribution is -2.48. The summed E-state index contributed by atoms with van der Waals surface area (Å²) in [7, 11) is 2.57. The van der Waals surface area contributed by atoms with Crippen molar-refractivity contribution in [2.24, 2.45) is 0 Å². The van der Waals surface area contributed by atoms with Crippen LogP contribution in [0.4, 0.5) is 0 Å². The lowest BCUT2D eigenvalue weighted by Gasteiger charge is -2.35. The fourth-order valence-electron chi connectivity index (χ4n) is 1.19. The van der Waals surface area contributed by atoms with Crippen molar-refractivity contribution in [2.75, 3.05) is 6.61 Å². The van der Waals surface area contributed by atoms with Gasteiger partial charge in [0.15, 0.2) is 0 Å². The van der Waals surface area contributed by atoms with Crippen molar-refractivity contribution in [2.45, 2.75) is 25.4 Å².